The summed E-state index contributed by atoms with van der Waals surface area (Å²) in [5, 5.41) is 14.8. The van der Waals surface area contributed by atoms with E-state index in [4.69, 9.17) is 0 Å². The fourth-order valence-electron chi connectivity index (χ4n) is 3.84. The van der Waals surface area contributed by atoms with E-state index in [1.54, 1.807) is 6.20 Å². The third kappa shape index (κ3) is 4.73. The van der Waals surface area contributed by atoms with Gasteiger partial charge in [-0.3, -0.25) is 9.48 Å². The molecule has 1 aromatic heterocycles. The lowest BCUT2D eigenvalue weighted by molar-refractivity contribution is -0.136. The van der Waals surface area contributed by atoms with Crippen molar-refractivity contribution < 1.29 is 9.90 Å². The Hall–Kier alpha value is -2.14. The summed E-state index contributed by atoms with van der Waals surface area (Å²) in [5.74, 6) is 0.132. The van der Waals surface area contributed by atoms with Crippen molar-refractivity contribution in [3.63, 3.8) is 0 Å². The second kappa shape index (κ2) is 8.99. The van der Waals surface area contributed by atoms with E-state index in [-0.39, 0.29) is 11.9 Å². The van der Waals surface area contributed by atoms with Crippen LogP contribution in [0.25, 0.3) is 0 Å². The first kappa shape index (κ1) is 18.6. The molecule has 3 rings (SSSR count). The number of aryl methyl sites for hydroxylation is 2. The standard InChI is InChI=1S/C21H29N3O2/c1-23-18(14-15-22-23)12-13-21(26)24(19-10-6-3-7-11-19)16-20(25)17-8-4-2-5-9-17/h2,4-5,8-9,14-15,19-20,25H,3,6-7,10-13,16H2,1H3. The van der Waals surface area contributed by atoms with Crippen molar-refractivity contribution >= 4 is 5.91 Å². The summed E-state index contributed by atoms with van der Waals surface area (Å²) >= 11 is 0. The molecule has 1 fully saturated rings. The summed E-state index contributed by atoms with van der Waals surface area (Å²) in [7, 11) is 1.90. The van der Waals surface area contributed by atoms with Crippen molar-refractivity contribution in [2.75, 3.05) is 6.54 Å². The molecule has 0 bridgehead atoms. The Morgan fingerprint density at radius 2 is 1.96 bits per heavy atom. The number of nitrogens with zero attached hydrogens (tertiary/aromatic N) is 3. The normalized spacial score (nSPS) is 16.4. The molecule has 1 amide bonds. The van der Waals surface area contributed by atoms with Crippen LogP contribution in [0.5, 0.6) is 0 Å². The van der Waals surface area contributed by atoms with E-state index in [9.17, 15) is 9.90 Å². The maximum Gasteiger partial charge on any atom is 0.223 e. The van der Waals surface area contributed by atoms with Gasteiger partial charge in [0.2, 0.25) is 5.91 Å². The van der Waals surface area contributed by atoms with E-state index in [1.165, 1.54) is 6.42 Å². The first-order valence-electron chi connectivity index (χ1n) is 9.64. The molecule has 0 aliphatic heterocycles. The quantitative estimate of drug-likeness (QED) is 0.829. The number of aromatic nitrogens is 2. The van der Waals surface area contributed by atoms with Gasteiger partial charge >= 0.3 is 0 Å². The second-order valence-corrected chi connectivity index (χ2v) is 7.21. The highest BCUT2D eigenvalue weighted by atomic mass is 16.3. The van der Waals surface area contributed by atoms with Crippen molar-refractivity contribution in [3.8, 4) is 0 Å². The first-order chi connectivity index (χ1) is 12.6. The molecule has 0 saturated heterocycles. The van der Waals surface area contributed by atoms with E-state index < -0.39 is 6.10 Å². The lowest BCUT2D eigenvalue weighted by atomic mass is 9.93. The van der Waals surface area contributed by atoms with Crippen LogP contribution in [0.4, 0.5) is 0 Å². The van der Waals surface area contributed by atoms with Gasteiger partial charge in [0.15, 0.2) is 0 Å². The Labute approximate surface area is 155 Å². The molecular formula is C21H29N3O2. The third-order valence-corrected chi connectivity index (χ3v) is 5.41. The zero-order chi connectivity index (χ0) is 18.4. The topological polar surface area (TPSA) is 58.4 Å². The van der Waals surface area contributed by atoms with Gasteiger partial charge in [-0.2, -0.15) is 5.10 Å². The molecule has 1 N–H and O–H groups in total. The molecule has 1 unspecified atom stereocenters. The fraction of sp³-hybridized carbons (Fsp3) is 0.524. The van der Waals surface area contributed by atoms with Crippen LogP contribution in [-0.2, 0) is 18.3 Å². The average Bonchev–Trinajstić information content (AvgIpc) is 3.10. The van der Waals surface area contributed by atoms with Crippen molar-refractivity contribution in [2.45, 2.75) is 57.1 Å². The van der Waals surface area contributed by atoms with Crippen molar-refractivity contribution in [1.82, 2.24) is 14.7 Å². The Balaban J connectivity index is 1.67. The molecule has 1 atom stereocenters. The van der Waals surface area contributed by atoms with Crippen LogP contribution >= 0.6 is 0 Å². The van der Waals surface area contributed by atoms with Crippen LogP contribution in [0, 0.1) is 0 Å². The van der Waals surface area contributed by atoms with Crippen LogP contribution in [-0.4, -0.2) is 38.3 Å². The summed E-state index contributed by atoms with van der Waals surface area (Å²) in [6.45, 7) is 0.374. The molecule has 5 heteroatoms. The van der Waals surface area contributed by atoms with Crippen LogP contribution in [0.1, 0.15) is 55.9 Å². The highest BCUT2D eigenvalue weighted by molar-refractivity contribution is 5.76. The smallest absolute Gasteiger partial charge is 0.223 e. The van der Waals surface area contributed by atoms with Gasteiger partial charge in [0.05, 0.1) is 12.6 Å². The zero-order valence-corrected chi connectivity index (χ0v) is 15.6. The largest absolute Gasteiger partial charge is 0.387 e. The number of aliphatic hydroxyl groups excluding tert-OH is 1. The Bertz CT molecular complexity index is 692. The number of carbonyl (C=O) groups is 1. The Morgan fingerprint density at radius 1 is 1.23 bits per heavy atom. The maximum atomic E-state index is 13.0. The highest BCUT2D eigenvalue weighted by Gasteiger charge is 2.27. The molecular weight excluding hydrogens is 326 g/mol. The van der Waals surface area contributed by atoms with E-state index in [1.807, 2.05) is 53.0 Å². The summed E-state index contributed by atoms with van der Waals surface area (Å²) in [5.41, 5.74) is 1.93. The van der Waals surface area contributed by atoms with Crippen LogP contribution < -0.4 is 0 Å². The maximum absolute atomic E-state index is 13.0. The van der Waals surface area contributed by atoms with Crippen LogP contribution in [0.2, 0.25) is 0 Å². The second-order valence-electron chi connectivity index (χ2n) is 7.21. The van der Waals surface area contributed by atoms with Gasteiger partial charge < -0.3 is 10.0 Å². The van der Waals surface area contributed by atoms with E-state index in [2.05, 4.69) is 5.10 Å². The number of hydrogen-bond acceptors (Lipinski definition) is 3. The van der Waals surface area contributed by atoms with Gasteiger partial charge in [0.1, 0.15) is 0 Å². The average molecular weight is 355 g/mol. The molecule has 0 radical (unpaired) electrons. The molecule has 26 heavy (non-hydrogen) atoms. The van der Waals surface area contributed by atoms with E-state index in [0.717, 1.165) is 36.9 Å². The molecule has 1 aliphatic carbocycles. The molecule has 1 heterocycles. The summed E-state index contributed by atoms with van der Waals surface area (Å²) in [4.78, 5) is 14.9. The van der Waals surface area contributed by atoms with E-state index in [0.29, 0.717) is 19.4 Å². The number of hydrogen-bond donors (Lipinski definition) is 1. The number of amides is 1. The minimum atomic E-state index is -0.640. The highest BCUT2D eigenvalue weighted by Crippen LogP contribution is 2.26. The molecule has 2 aromatic rings. The fourth-order valence-corrected chi connectivity index (χ4v) is 3.84. The number of carbonyl (C=O) groups excluding carboxylic acids is 1. The van der Waals surface area contributed by atoms with Crippen LogP contribution in [0.3, 0.4) is 0 Å². The predicted molar refractivity (Wildman–Crippen MR) is 102 cm³/mol. The molecule has 1 aliphatic rings. The molecule has 140 valence electrons. The van der Waals surface area contributed by atoms with Gasteiger partial charge in [-0.15, -0.1) is 0 Å². The lowest BCUT2D eigenvalue weighted by Gasteiger charge is -2.36. The number of aliphatic hydroxyl groups is 1. The number of benzene rings is 1. The van der Waals surface area contributed by atoms with Gasteiger partial charge in [-0.05, 0) is 30.9 Å². The first-order valence-corrected chi connectivity index (χ1v) is 9.64. The summed E-state index contributed by atoms with van der Waals surface area (Å²) in [6.07, 6.45) is 7.91. The van der Waals surface area contributed by atoms with Crippen molar-refractivity contribution in [1.29, 1.82) is 0 Å². The SMILES string of the molecule is Cn1nccc1CCC(=O)N(CC(O)c1ccccc1)C1CCCCC1. The van der Waals surface area contributed by atoms with Gasteiger partial charge in [-0.1, -0.05) is 49.6 Å². The summed E-state index contributed by atoms with van der Waals surface area (Å²) in [6, 6.07) is 11.8. The van der Waals surface area contributed by atoms with Crippen LogP contribution in [0.15, 0.2) is 42.6 Å². The van der Waals surface area contributed by atoms with Gasteiger partial charge in [0.25, 0.3) is 0 Å². The number of rotatable bonds is 7. The van der Waals surface area contributed by atoms with Gasteiger partial charge in [-0.25, -0.2) is 0 Å². The minimum Gasteiger partial charge on any atom is -0.387 e. The Morgan fingerprint density at radius 3 is 2.62 bits per heavy atom. The molecule has 0 spiro atoms. The molecule has 5 nitrogen and oxygen atoms in total. The van der Waals surface area contributed by atoms with Crippen molar-refractivity contribution in [2.24, 2.45) is 7.05 Å². The van der Waals surface area contributed by atoms with Gasteiger partial charge in [0, 0.05) is 31.4 Å². The monoisotopic (exact) mass is 355 g/mol. The Kier molecular flexibility index (Phi) is 6.45. The molecule has 1 saturated carbocycles. The van der Waals surface area contributed by atoms with Crippen molar-refractivity contribution in [3.05, 3.63) is 53.9 Å². The van der Waals surface area contributed by atoms with E-state index >= 15 is 0 Å². The lowest BCUT2D eigenvalue weighted by Crippen LogP contribution is -2.44. The summed E-state index contributed by atoms with van der Waals surface area (Å²) < 4.78 is 1.82. The third-order valence-electron chi connectivity index (χ3n) is 5.41. The predicted octanol–water partition coefficient (Wildman–Crippen LogP) is 3.25. The molecule has 1 aromatic carbocycles. The minimum absolute atomic E-state index is 0.132. The zero-order valence-electron chi connectivity index (χ0n) is 15.6.